The second-order valence-electron chi connectivity index (χ2n) is 3.00. The monoisotopic (exact) mass is 272 g/mol. The predicted octanol–water partition coefficient (Wildman–Crippen LogP) is 4.20. The van der Waals surface area contributed by atoms with Crippen LogP contribution < -0.4 is 4.74 Å². The fraction of sp³-hybridized carbons (Fsp3) is 0.0909. The van der Waals surface area contributed by atoms with Gasteiger partial charge in [0.25, 0.3) is 0 Å². The van der Waals surface area contributed by atoms with Crippen LogP contribution in [0.25, 0.3) is 10.8 Å². The summed E-state index contributed by atoms with van der Waals surface area (Å²) in [7, 11) is 0. The van der Waals surface area contributed by atoms with Gasteiger partial charge in [-0.1, -0.05) is 34.1 Å². The van der Waals surface area contributed by atoms with Crippen LogP contribution in [0.1, 0.15) is 0 Å². The van der Waals surface area contributed by atoms with Crippen molar-refractivity contribution in [3.8, 4) is 5.75 Å². The van der Waals surface area contributed by atoms with Crippen LogP contribution in [0.2, 0.25) is 0 Å². The highest BCUT2D eigenvalue weighted by Crippen LogP contribution is 2.28. The summed E-state index contributed by atoms with van der Waals surface area (Å²) >= 11 is 3.35. The molecule has 0 radical (unpaired) electrons. The van der Waals surface area contributed by atoms with Crippen molar-refractivity contribution in [2.75, 3.05) is 0 Å². The number of fused-ring (bicyclic) bond motifs is 1. The Bertz CT molecular complexity index is 485. The van der Waals surface area contributed by atoms with Crippen LogP contribution in [0.3, 0.4) is 0 Å². The first kappa shape index (κ1) is 10.4. The van der Waals surface area contributed by atoms with Crippen molar-refractivity contribution in [2.24, 2.45) is 0 Å². The van der Waals surface area contributed by atoms with Gasteiger partial charge in [-0.15, -0.1) is 0 Å². The van der Waals surface area contributed by atoms with Gasteiger partial charge in [0.05, 0.1) is 0 Å². The standard InChI is InChI=1S/C11H7BrF2O/c12-10-3-1-2-7-4-5-8(6-9(7)10)15-11(13)14/h1-6,11H. The maximum absolute atomic E-state index is 12.0. The van der Waals surface area contributed by atoms with E-state index in [-0.39, 0.29) is 5.75 Å². The molecule has 0 spiro atoms. The number of ether oxygens (including phenoxy) is 1. The lowest BCUT2D eigenvalue weighted by Crippen LogP contribution is -2.01. The molecule has 78 valence electrons. The number of alkyl halides is 2. The van der Waals surface area contributed by atoms with Crippen LogP contribution in [-0.2, 0) is 0 Å². The van der Waals surface area contributed by atoms with Crippen molar-refractivity contribution in [3.05, 3.63) is 40.9 Å². The zero-order valence-electron chi connectivity index (χ0n) is 7.58. The summed E-state index contributed by atoms with van der Waals surface area (Å²) in [5, 5.41) is 1.83. The Labute approximate surface area is 93.8 Å². The third-order valence-corrected chi connectivity index (χ3v) is 2.72. The minimum absolute atomic E-state index is 0.171. The second kappa shape index (κ2) is 4.14. The van der Waals surface area contributed by atoms with Crippen LogP contribution in [-0.4, -0.2) is 6.61 Å². The lowest BCUT2D eigenvalue weighted by molar-refractivity contribution is -0.0497. The summed E-state index contributed by atoms with van der Waals surface area (Å²) < 4.78 is 29.2. The molecule has 0 aliphatic heterocycles. The lowest BCUT2D eigenvalue weighted by Gasteiger charge is -2.06. The van der Waals surface area contributed by atoms with Gasteiger partial charge in [0.1, 0.15) is 5.75 Å². The average molecular weight is 273 g/mol. The van der Waals surface area contributed by atoms with E-state index in [9.17, 15) is 8.78 Å². The van der Waals surface area contributed by atoms with Gasteiger partial charge >= 0.3 is 6.61 Å². The van der Waals surface area contributed by atoms with Crippen LogP contribution in [0, 0.1) is 0 Å². The number of hydrogen-bond acceptors (Lipinski definition) is 1. The summed E-state index contributed by atoms with van der Waals surface area (Å²) in [6, 6.07) is 10.5. The fourth-order valence-electron chi connectivity index (χ4n) is 1.39. The summed E-state index contributed by atoms with van der Waals surface area (Å²) in [6.45, 7) is -2.79. The highest BCUT2D eigenvalue weighted by atomic mass is 79.9. The molecule has 0 atom stereocenters. The number of hydrogen-bond donors (Lipinski definition) is 0. The van der Waals surface area contributed by atoms with Crippen LogP contribution in [0.5, 0.6) is 5.75 Å². The van der Waals surface area contributed by atoms with Gasteiger partial charge in [0.15, 0.2) is 0 Å². The van der Waals surface area contributed by atoms with Gasteiger partial charge in [-0.2, -0.15) is 8.78 Å². The quantitative estimate of drug-likeness (QED) is 0.796. The molecule has 1 nitrogen and oxygen atoms in total. The van der Waals surface area contributed by atoms with Gasteiger partial charge in [-0.05, 0) is 29.0 Å². The summed E-state index contributed by atoms with van der Waals surface area (Å²) in [6.07, 6.45) is 0. The molecule has 15 heavy (non-hydrogen) atoms. The van der Waals surface area contributed by atoms with E-state index in [2.05, 4.69) is 20.7 Å². The van der Waals surface area contributed by atoms with Gasteiger partial charge in [-0.3, -0.25) is 0 Å². The van der Waals surface area contributed by atoms with E-state index in [0.717, 1.165) is 15.2 Å². The second-order valence-corrected chi connectivity index (χ2v) is 3.86. The van der Waals surface area contributed by atoms with Crippen LogP contribution >= 0.6 is 15.9 Å². The first-order chi connectivity index (χ1) is 7.16. The largest absolute Gasteiger partial charge is 0.435 e. The van der Waals surface area contributed by atoms with Gasteiger partial charge < -0.3 is 4.74 Å². The highest BCUT2D eigenvalue weighted by molar-refractivity contribution is 9.10. The van der Waals surface area contributed by atoms with E-state index in [4.69, 9.17) is 0 Å². The maximum atomic E-state index is 12.0. The molecule has 0 saturated heterocycles. The molecule has 2 aromatic rings. The van der Waals surface area contributed by atoms with Crippen LogP contribution in [0.4, 0.5) is 8.78 Å². The fourth-order valence-corrected chi connectivity index (χ4v) is 1.89. The SMILES string of the molecule is FC(F)Oc1ccc2cccc(Br)c2c1. The third kappa shape index (κ3) is 2.26. The molecule has 0 heterocycles. The molecule has 0 amide bonds. The van der Waals surface area contributed by atoms with E-state index in [1.54, 1.807) is 12.1 Å². The Morgan fingerprint density at radius 1 is 1.13 bits per heavy atom. The van der Waals surface area contributed by atoms with E-state index >= 15 is 0 Å². The Kier molecular flexibility index (Phi) is 2.86. The molecule has 4 heteroatoms. The van der Waals surface area contributed by atoms with E-state index in [1.807, 2.05) is 18.2 Å². The van der Waals surface area contributed by atoms with Crippen molar-refractivity contribution in [1.29, 1.82) is 0 Å². The summed E-state index contributed by atoms with van der Waals surface area (Å²) in [5.41, 5.74) is 0. The number of rotatable bonds is 2. The van der Waals surface area contributed by atoms with Crippen molar-refractivity contribution in [3.63, 3.8) is 0 Å². The Morgan fingerprint density at radius 3 is 2.67 bits per heavy atom. The minimum atomic E-state index is -2.79. The van der Waals surface area contributed by atoms with E-state index in [1.165, 1.54) is 6.07 Å². The molecule has 0 aliphatic rings. The zero-order valence-corrected chi connectivity index (χ0v) is 9.17. The molecule has 0 bridgehead atoms. The smallest absolute Gasteiger partial charge is 0.387 e. The van der Waals surface area contributed by atoms with Crippen LogP contribution in [0.15, 0.2) is 40.9 Å². The molecule has 0 aliphatic carbocycles. The Balaban J connectivity index is 2.50. The summed E-state index contributed by atoms with van der Waals surface area (Å²) in [5.74, 6) is 0.171. The predicted molar refractivity (Wildman–Crippen MR) is 58.3 cm³/mol. The minimum Gasteiger partial charge on any atom is -0.435 e. The van der Waals surface area contributed by atoms with Crippen molar-refractivity contribution < 1.29 is 13.5 Å². The molecular formula is C11H7BrF2O. The van der Waals surface area contributed by atoms with E-state index in [0.29, 0.717) is 0 Å². The molecule has 0 N–H and O–H groups in total. The van der Waals surface area contributed by atoms with E-state index < -0.39 is 6.61 Å². The topological polar surface area (TPSA) is 9.23 Å². The highest BCUT2D eigenvalue weighted by Gasteiger charge is 2.05. The van der Waals surface area contributed by atoms with Gasteiger partial charge in [0, 0.05) is 4.47 Å². The Hall–Kier alpha value is -1.16. The van der Waals surface area contributed by atoms with Crippen molar-refractivity contribution >= 4 is 26.7 Å². The van der Waals surface area contributed by atoms with Gasteiger partial charge in [-0.25, -0.2) is 0 Å². The number of benzene rings is 2. The molecule has 0 unspecified atom stereocenters. The molecular weight excluding hydrogens is 266 g/mol. The molecule has 0 aromatic heterocycles. The molecule has 0 fully saturated rings. The lowest BCUT2D eigenvalue weighted by atomic mass is 10.1. The number of halogens is 3. The third-order valence-electron chi connectivity index (χ3n) is 2.03. The molecule has 0 saturated carbocycles. The first-order valence-electron chi connectivity index (χ1n) is 4.30. The summed E-state index contributed by atoms with van der Waals surface area (Å²) in [4.78, 5) is 0. The van der Waals surface area contributed by atoms with Crippen molar-refractivity contribution in [1.82, 2.24) is 0 Å². The van der Waals surface area contributed by atoms with Crippen molar-refractivity contribution in [2.45, 2.75) is 6.61 Å². The Morgan fingerprint density at radius 2 is 1.93 bits per heavy atom. The first-order valence-corrected chi connectivity index (χ1v) is 5.09. The normalized spacial score (nSPS) is 10.9. The molecule has 2 aromatic carbocycles. The zero-order chi connectivity index (χ0) is 10.8. The molecule has 2 rings (SSSR count). The van der Waals surface area contributed by atoms with Gasteiger partial charge in [0.2, 0.25) is 0 Å². The average Bonchev–Trinajstić information content (AvgIpc) is 2.18. The maximum Gasteiger partial charge on any atom is 0.387 e.